The molecule has 2 heterocycles. The first-order valence-corrected chi connectivity index (χ1v) is 12.1. The molecule has 1 aromatic rings. The summed E-state index contributed by atoms with van der Waals surface area (Å²) in [7, 11) is 1.38. The van der Waals surface area contributed by atoms with Crippen LogP contribution in [-0.4, -0.2) is 34.5 Å². The molecule has 0 atom stereocenters. The topological polar surface area (TPSA) is 0 Å². The van der Waals surface area contributed by atoms with Crippen molar-refractivity contribution in [3.8, 4) is 0 Å². The van der Waals surface area contributed by atoms with E-state index in [0.29, 0.717) is 21.8 Å². The van der Waals surface area contributed by atoms with Crippen LogP contribution in [-0.2, 0) is 21.8 Å². The monoisotopic (exact) mass is 490 g/mol. The summed E-state index contributed by atoms with van der Waals surface area (Å²) in [6, 6.07) is 9.02. The Kier molecular flexibility index (Phi) is 11.8. The maximum absolute atomic E-state index is 2.39. The van der Waals surface area contributed by atoms with Crippen LogP contribution < -0.4 is 34.0 Å². The molecule has 0 radical (unpaired) electrons. The normalized spacial score (nSPS) is 19.0. The van der Waals surface area contributed by atoms with Crippen molar-refractivity contribution >= 4 is 33.9 Å². The SMILES string of the molecule is C(=C\c1ccc(/C=C/C[S+]2CCCC2)cc1)/C[S+]1CCCC1.[Br-].[Br-]. The highest BCUT2D eigenvalue weighted by molar-refractivity contribution is 7.97. The van der Waals surface area contributed by atoms with Crippen LogP contribution in [0.5, 0.6) is 0 Å². The summed E-state index contributed by atoms with van der Waals surface area (Å²) in [4.78, 5) is 0. The van der Waals surface area contributed by atoms with Crippen molar-refractivity contribution in [1.29, 1.82) is 0 Å². The van der Waals surface area contributed by atoms with Gasteiger partial charge in [-0.15, -0.1) is 0 Å². The van der Waals surface area contributed by atoms with Crippen LogP contribution >= 0.6 is 0 Å². The lowest BCUT2D eigenvalue weighted by molar-refractivity contribution is -0.001000. The summed E-state index contributed by atoms with van der Waals surface area (Å²) < 4.78 is 0. The van der Waals surface area contributed by atoms with E-state index < -0.39 is 0 Å². The van der Waals surface area contributed by atoms with Crippen LogP contribution in [0, 0.1) is 0 Å². The van der Waals surface area contributed by atoms with E-state index >= 15 is 0 Å². The smallest absolute Gasteiger partial charge is 0.126 e. The van der Waals surface area contributed by atoms with Gasteiger partial charge in [0.25, 0.3) is 0 Å². The lowest BCUT2D eigenvalue weighted by atomic mass is 10.1. The average molecular weight is 492 g/mol. The van der Waals surface area contributed by atoms with Crippen LogP contribution in [0.15, 0.2) is 36.4 Å². The van der Waals surface area contributed by atoms with Crippen LogP contribution in [0.3, 0.4) is 0 Å². The molecule has 1 aromatic carbocycles. The Morgan fingerprint density at radius 3 is 1.29 bits per heavy atom. The van der Waals surface area contributed by atoms with E-state index in [-0.39, 0.29) is 34.0 Å². The zero-order valence-electron chi connectivity index (χ0n) is 14.3. The van der Waals surface area contributed by atoms with Gasteiger partial charge in [-0.05, 0) is 70.8 Å². The summed E-state index contributed by atoms with van der Waals surface area (Å²) in [6.07, 6.45) is 15.2. The fourth-order valence-corrected chi connectivity index (χ4v) is 7.38. The number of rotatable bonds is 6. The van der Waals surface area contributed by atoms with Gasteiger partial charge in [-0.1, -0.05) is 36.4 Å². The number of hydrogen-bond acceptors (Lipinski definition) is 0. The molecule has 2 fully saturated rings. The van der Waals surface area contributed by atoms with Crippen molar-refractivity contribution in [2.45, 2.75) is 25.7 Å². The number of halogens is 2. The largest absolute Gasteiger partial charge is 1.00 e. The molecule has 24 heavy (non-hydrogen) atoms. The summed E-state index contributed by atoms with van der Waals surface area (Å²) in [5, 5.41) is 0. The van der Waals surface area contributed by atoms with E-state index in [2.05, 4.69) is 48.6 Å². The van der Waals surface area contributed by atoms with Gasteiger partial charge < -0.3 is 34.0 Å². The third-order valence-corrected chi connectivity index (χ3v) is 9.24. The molecule has 0 N–H and O–H groups in total. The van der Waals surface area contributed by atoms with Gasteiger partial charge in [-0.25, -0.2) is 0 Å². The van der Waals surface area contributed by atoms with E-state index in [1.807, 2.05) is 0 Å². The molecule has 2 aliphatic rings. The van der Waals surface area contributed by atoms with Gasteiger partial charge in [-0.2, -0.15) is 0 Å². The van der Waals surface area contributed by atoms with Crippen LogP contribution in [0.2, 0.25) is 0 Å². The van der Waals surface area contributed by atoms with Crippen LogP contribution in [0.4, 0.5) is 0 Å². The molecule has 2 aliphatic heterocycles. The van der Waals surface area contributed by atoms with Crippen molar-refractivity contribution in [3.63, 3.8) is 0 Å². The molecule has 0 amide bonds. The second-order valence-electron chi connectivity index (χ2n) is 6.26. The standard InChI is InChI=1S/C20H28S2.2BrH/c1-2-14-21(13-1)17-5-7-19-9-11-20(12-10-19)8-6-18-22-15-3-4-16-22;;/h5-12H,1-4,13-18H2;2*1H/q+2;;/p-2/b7-5+,8-6+;;. The van der Waals surface area contributed by atoms with Gasteiger partial charge in [0.15, 0.2) is 0 Å². The van der Waals surface area contributed by atoms with Crippen molar-refractivity contribution in [2.24, 2.45) is 0 Å². The average Bonchev–Trinajstić information content (AvgIpc) is 3.22. The van der Waals surface area contributed by atoms with Gasteiger partial charge in [0.05, 0.1) is 0 Å². The molecule has 0 nitrogen and oxygen atoms in total. The Balaban J connectivity index is 0.00000144. The third-order valence-electron chi connectivity index (χ3n) is 4.45. The highest BCUT2D eigenvalue weighted by Gasteiger charge is 2.22. The maximum Gasteiger partial charge on any atom is 0.126 e. The van der Waals surface area contributed by atoms with Gasteiger partial charge in [0, 0.05) is 0 Å². The summed E-state index contributed by atoms with van der Waals surface area (Å²) in [6.45, 7) is 0. The highest BCUT2D eigenvalue weighted by Crippen LogP contribution is 2.16. The number of benzene rings is 1. The van der Waals surface area contributed by atoms with Gasteiger partial charge in [-0.3, -0.25) is 0 Å². The van der Waals surface area contributed by atoms with Crippen molar-refractivity contribution in [2.75, 3.05) is 34.5 Å². The third kappa shape index (κ3) is 7.72. The van der Waals surface area contributed by atoms with E-state index in [0.717, 1.165) is 0 Å². The molecule has 134 valence electrons. The first kappa shape index (κ1) is 22.4. The first-order valence-electron chi connectivity index (χ1n) is 8.61. The maximum atomic E-state index is 2.39. The van der Waals surface area contributed by atoms with E-state index in [1.165, 1.54) is 71.3 Å². The highest BCUT2D eigenvalue weighted by atomic mass is 79.9. The lowest BCUT2D eigenvalue weighted by Gasteiger charge is -1.98. The molecule has 4 heteroatoms. The minimum absolute atomic E-state index is 0. The van der Waals surface area contributed by atoms with Crippen LogP contribution in [0.1, 0.15) is 36.8 Å². The Bertz CT molecular complexity index is 452. The zero-order valence-corrected chi connectivity index (χ0v) is 19.1. The molecular formula is C20H28Br2S2. The van der Waals surface area contributed by atoms with Crippen molar-refractivity contribution in [1.82, 2.24) is 0 Å². The molecule has 3 rings (SSSR count). The predicted octanol–water partition coefficient (Wildman–Crippen LogP) is -1.45. The van der Waals surface area contributed by atoms with Gasteiger partial charge in [0.1, 0.15) is 34.5 Å². The predicted molar refractivity (Wildman–Crippen MR) is 107 cm³/mol. The molecule has 0 unspecified atom stereocenters. The van der Waals surface area contributed by atoms with Crippen LogP contribution in [0.25, 0.3) is 12.2 Å². The Morgan fingerprint density at radius 1 is 0.625 bits per heavy atom. The second-order valence-corrected chi connectivity index (χ2v) is 11.0. The van der Waals surface area contributed by atoms with E-state index in [9.17, 15) is 0 Å². The molecule has 2 saturated heterocycles. The molecule has 0 bridgehead atoms. The first-order chi connectivity index (χ1) is 10.9. The molecule has 0 saturated carbocycles. The lowest BCUT2D eigenvalue weighted by Crippen LogP contribution is -3.00. The Morgan fingerprint density at radius 2 is 0.958 bits per heavy atom. The summed E-state index contributed by atoms with van der Waals surface area (Å²) in [5.41, 5.74) is 2.69. The zero-order chi connectivity index (χ0) is 15.0. The van der Waals surface area contributed by atoms with Gasteiger partial charge >= 0.3 is 0 Å². The Hall–Kier alpha value is 0.360. The molecule has 0 spiro atoms. The Labute approximate surface area is 174 Å². The molecule has 0 aliphatic carbocycles. The summed E-state index contributed by atoms with van der Waals surface area (Å²) in [5.74, 6) is 8.46. The second kappa shape index (κ2) is 12.7. The van der Waals surface area contributed by atoms with E-state index in [1.54, 1.807) is 0 Å². The van der Waals surface area contributed by atoms with E-state index in [4.69, 9.17) is 0 Å². The molecule has 0 aromatic heterocycles. The summed E-state index contributed by atoms with van der Waals surface area (Å²) >= 11 is 0. The molecular weight excluding hydrogens is 464 g/mol. The minimum atomic E-state index is 0. The van der Waals surface area contributed by atoms with Gasteiger partial charge in [0.2, 0.25) is 0 Å². The number of hydrogen-bond donors (Lipinski definition) is 0. The minimum Gasteiger partial charge on any atom is -1.00 e. The van der Waals surface area contributed by atoms with Crippen molar-refractivity contribution in [3.05, 3.63) is 47.5 Å². The fourth-order valence-electron chi connectivity index (χ4n) is 3.12. The van der Waals surface area contributed by atoms with Crippen molar-refractivity contribution < 1.29 is 34.0 Å². The fraction of sp³-hybridized carbons (Fsp3) is 0.500. The quantitative estimate of drug-likeness (QED) is 0.427.